The molecule has 4 heteroatoms. The predicted molar refractivity (Wildman–Crippen MR) is 50.4 cm³/mol. The summed E-state index contributed by atoms with van der Waals surface area (Å²) >= 11 is 0. The zero-order valence-corrected chi connectivity index (χ0v) is 8.30. The van der Waals surface area contributed by atoms with Crippen molar-refractivity contribution >= 4 is 5.91 Å². The summed E-state index contributed by atoms with van der Waals surface area (Å²) in [6, 6.07) is 0. The van der Waals surface area contributed by atoms with Gasteiger partial charge in [0.15, 0.2) is 0 Å². The number of rotatable bonds is 5. The molecule has 1 aliphatic heterocycles. The molecule has 1 rings (SSSR count). The van der Waals surface area contributed by atoms with E-state index < -0.39 is 0 Å². The van der Waals surface area contributed by atoms with E-state index in [2.05, 4.69) is 17.6 Å². The van der Waals surface area contributed by atoms with Crippen LogP contribution in [0.25, 0.3) is 0 Å². The van der Waals surface area contributed by atoms with E-state index in [4.69, 9.17) is 4.74 Å². The van der Waals surface area contributed by atoms with Gasteiger partial charge in [0, 0.05) is 26.7 Å². The lowest BCUT2D eigenvalue weighted by Crippen LogP contribution is -2.51. The molecule has 0 aromatic heterocycles. The van der Waals surface area contributed by atoms with Gasteiger partial charge in [0.25, 0.3) is 0 Å². The first-order chi connectivity index (χ1) is 6.24. The van der Waals surface area contributed by atoms with E-state index in [0.717, 1.165) is 13.1 Å². The molecule has 2 N–H and O–H groups in total. The normalized spacial score (nSPS) is 19.2. The lowest BCUT2D eigenvalue weighted by atomic mass is 10.0. The summed E-state index contributed by atoms with van der Waals surface area (Å²) in [5.41, 5.74) is 0. The summed E-state index contributed by atoms with van der Waals surface area (Å²) in [4.78, 5) is 11.3. The minimum Gasteiger partial charge on any atom is -0.384 e. The summed E-state index contributed by atoms with van der Waals surface area (Å²) in [7, 11) is 1.67. The molecule has 1 amide bonds. The highest BCUT2D eigenvalue weighted by Crippen LogP contribution is 2.02. The topological polar surface area (TPSA) is 50.4 Å². The smallest absolute Gasteiger partial charge is 0.225 e. The van der Waals surface area contributed by atoms with Crippen molar-refractivity contribution in [1.29, 1.82) is 0 Å². The molecule has 1 saturated heterocycles. The van der Waals surface area contributed by atoms with Gasteiger partial charge < -0.3 is 15.4 Å². The van der Waals surface area contributed by atoms with Gasteiger partial charge in [-0.2, -0.15) is 0 Å². The first kappa shape index (κ1) is 10.5. The molecule has 0 aromatic carbocycles. The first-order valence-corrected chi connectivity index (χ1v) is 4.71. The number of amides is 1. The van der Waals surface area contributed by atoms with Gasteiger partial charge in [-0.3, -0.25) is 4.79 Å². The van der Waals surface area contributed by atoms with Gasteiger partial charge in [-0.25, -0.2) is 0 Å². The Morgan fingerprint density at radius 2 is 2.38 bits per heavy atom. The molecule has 0 aromatic rings. The van der Waals surface area contributed by atoms with Crippen LogP contribution in [0.3, 0.4) is 0 Å². The van der Waals surface area contributed by atoms with Crippen LogP contribution in [0.4, 0.5) is 0 Å². The fraction of sp³-hybridized carbons (Fsp3) is 0.889. The molecule has 1 unspecified atom stereocenters. The standard InChI is InChI=1S/C9H18N2O2/c1-7(6-13-2)3-11-9(12)8-4-10-5-8/h7-8,10H,3-6H2,1-2H3,(H,11,12). The second-order valence-electron chi connectivity index (χ2n) is 3.66. The zero-order valence-electron chi connectivity index (χ0n) is 8.30. The van der Waals surface area contributed by atoms with Gasteiger partial charge >= 0.3 is 0 Å². The third-order valence-corrected chi connectivity index (χ3v) is 2.23. The molecule has 0 saturated carbocycles. The third-order valence-electron chi connectivity index (χ3n) is 2.23. The fourth-order valence-electron chi connectivity index (χ4n) is 1.24. The van der Waals surface area contributed by atoms with Crippen molar-refractivity contribution in [2.45, 2.75) is 6.92 Å². The number of carbonyl (C=O) groups is 1. The van der Waals surface area contributed by atoms with Crippen LogP contribution in [-0.2, 0) is 9.53 Å². The van der Waals surface area contributed by atoms with Crippen molar-refractivity contribution in [2.24, 2.45) is 11.8 Å². The summed E-state index contributed by atoms with van der Waals surface area (Å²) < 4.78 is 4.97. The van der Waals surface area contributed by atoms with E-state index in [-0.39, 0.29) is 11.8 Å². The largest absolute Gasteiger partial charge is 0.384 e. The summed E-state index contributed by atoms with van der Waals surface area (Å²) in [5.74, 6) is 0.749. The van der Waals surface area contributed by atoms with Gasteiger partial charge in [0.1, 0.15) is 0 Å². The zero-order chi connectivity index (χ0) is 9.68. The molecule has 0 radical (unpaired) electrons. The summed E-state index contributed by atoms with van der Waals surface area (Å²) in [6.07, 6.45) is 0. The molecule has 1 heterocycles. The van der Waals surface area contributed by atoms with Crippen LogP contribution in [0.5, 0.6) is 0 Å². The van der Waals surface area contributed by atoms with E-state index in [9.17, 15) is 4.79 Å². The maximum absolute atomic E-state index is 11.3. The number of ether oxygens (including phenoxy) is 1. The maximum Gasteiger partial charge on any atom is 0.225 e. The van der Waals surface area contributed by atoms with E-state index >= 15 is 0 Å². The summed E-state index contributed by atoms with van der Waals surface area (Å²) in [6.45, 7) is 5.12. The monoisotopic (exact) mass is 186 g/mol. The number of hydrogen-bond donors (Lipinski definition) is 2. The van der Waals surface area contributed by atoms with Crippen LogP contribution >= 0.6 is 0 Å². The highest BCUT2D eigenvalue weighted by Gasteiger charge is 2.24. The molecular formula is C9H18N2O2. The average molecular weight is 186 g/mol. The Balaban J connectivity index is 2.06. The molecule has 13 heavy (non-hydrogen) atoms. The van der Waals surface area contributed by atoms with E-state index in [0.29, 0.717) is 19.1 Å². The number of methoxy groups -OCH3 is 1. The van der Waals surface area contributed by atoms with E-state index in [1.807, 2.05) is 0 Å². The Hall–Kier alpha value is -0.610. The van der Waals surface area contributed by atoms with Crippen LogP contribution < -0.4 is 10.6 Å². The molecular weight excluding hydrogens is 168 g/mol. The lowest BCUT2D eigenvalue weighted by molar-refractivity contribution is -0.126. The van der Waals surface area contributed by atoms with E-state index in [1.54, 1.807) is 7.11 Å². The van der Waals surface area contributed by atoms with Gasteiger partial charge in [-0.1, -0.05) is 6.92 Å². The van der Waals surface area contributed by atoms with Gasteiger partial charge in [-0.05, 0) is 5.92 Å². The molecule has 1 fully saturated rings. The van der Waals surface area contributed by atoms with E-state index in [1.165, 1.54) is 0 Å². The van der Waals surface area contributed by atoms with Crippen LogP contribution in [-0.4, -0.2) is 39.3 Å². The van der Waals surface area contributed by atoms with Crippen LogP contribution in [0.15, 0.2) is 0 Å². The van der Waals surface area contributed by atoms with Crippen molar-refractivity contribution in [3.8, 4) is 0 Å². The Kier molecular flexibility index (Phi) is 4.18. The van der Waals surface area contributed by atoms with Crippen molar-refractivity contribution in [3.63, 3.8) is 0 Å². The number of carbonyl (C=O) groups excluding carboxylic acids is 1. The number of hydrogen-bond acceptors (Lipinski definition) is 3. The van der Waals surface area contributed by atoms with Gasteiger partial charge in [-0.15, -0.1) is 0 Å². The first-order valence-electron chi connectivity index (χ1n) is 4.71. The molecule has 1 aliphatic rings. The maximum atomic E-state index is 11.3. The van der Waals surface area contributed by atoms with Gasteiger partial charge in [0.2, 0.25) is 5.91 Å². The Labute approximate surface area is 79.0 Å². The highest BCUT2D eigenvalue weighted by molar-refractivity contribution is 5.79. The second-order valence-corrected chi connectivity index (χ2v) is 3.66. The average Bonchev–Trinajstić information content (AvgIpc) is 1.98. The molecule has 1 atom stereocenters. The van der Waals surface area contributed by atoms with Crippen molar-refractivity contribution in [1.82, 2.24) is 10.6 Å². The Morgan fingerprint density at radius 1 is 1.69 bits per heavy atom. The van der Waals surface area contributed by atoms with Gasteiger partial charge in [0.05, 0.1) is 12.5 Å². The Morgan fingerprint density at radius 3 is 2.85 bits per heavy atom. The molecule has 0 bridgehead atoms. The van der Waals surface area contributed by atoms with Crippen molar-refractivity contribution in [2.75, 3.05) is 33.4 Å². The quantitative estimate of drug-likeness (QED) is 0.614. The van der Waals surface area contributed by atoms with Crippen LogP contribution in [0.1, 0.15) is 6.92 Å². The van der Waals surface area contributed by atoms with Crippen LogP contribution in [0, 0.1) is 11.8 Å². The molecule has 0 spiro atoms. The molecule has 4 nitrogen and oxygen atoms in total. The minimum absolute atomic E-state index is 0.168. The SMILES string of the molecule is COCC(C)CNC(=O)C1CNC1. The predicted octanol–water partition coefficient (Wildman–Crippen LogP) is -0.395. The van der Waals surface area contributed by atoms with Crippen molar-refractivity contribution in [3.05, 3.63) is 0 Å². The fourth-order valence-corrected chi connectivity index (χ4v) is 1.24. The highest BCUT2D eigenvalue weighted by atomic mass is 16.5. The second kappa shape index (κ2) is 5.19. The number of nitrogens with one attached hydrogen (secondary N) is 2. The summed E-state index contributed by atoms with van der Waals surface area (Å²) in [5, 5.41) is 5.98. The lowest BCUT2D eigenvalue weighted by Gasteiger charge is -2.26. The van der Waals surface area contributed by atoms with Crippen molar-refractivity contribution < 1.29 is 9.53 Å². The third kappa shape index (κ3) is 3.32. The molecule has 0 aliphatic carbocycles. The van der Waals surface area contributed by atoms with Crippen LogP contribution in [0.2, 0.25) is 0 Å². The molecule has 76 valence electrons. The Bertz CT molecular complexity index is 169. The minimum atomic E-state index is 0.168.